The Morgan fingerprint density at radius 2 is 2.20 bits per heavy atom. The fourth-order valence-electron chi connectivity index (χ4n) is 0.823. The summed E-state index contributed by atoms with van der Waals surface area (Å²) in [6.45, 7) is 0. The zero-order chi connectivity index (χ0) is 11.3. The van der Waals surface area contributed by atoms with Gasteiger partial charge in [-0.2, -0.15) is 5.10 Å². The minimum absolute atomic E-state index is 0.441. The lowest BCUT2D eigenvalue weighted by atomic mass is 10.2. The number of thiocarbonyl (C=S) groups is 1. The molecule has 0 saturated carbocycles. The van der Waals surface area contributed by atoms with Crippen molar-refractivity contribution in [1.29, 1.82) is 0 Å². The summed E-state index contributed by atoms with van der Waals surface area (Å²) in [5.41, 5.74) is 3.39. The number of rotatable bonds is 2. The lowest BCUT2D eigenvalue weighted by Gasteiger charge is -2.01. The third kappa shape index (κ3) is 4.03. The Labute approximate surface area is 103 Å². The molecule has 0 bridgehead atoms. The average Bonchev–Trinajstić information content (AvgIpc) is 2.21. The van der Waals surface area contributed by atoms with E-state index in [0.717, 1.165) is 5.56 Å². The number of hydrogen-bond donors (Lipinski definition) is 2. The topological polar surface area (TPSA) is 36.4 Å². The van der Waals surface area contributed by atoms with Crippen LogP contribution in [0.5, 0.6) is 0 Å². The van der Waals surface area contributed by atoms with E-state index in [0.29, 0.717) is 15.2 Å². The summed E-state index contributed by atoms with van der Waals surface area (Å²) in [5, 5.41) is 8.20. The molecule has 0 aliphatic rings. The fraction of sp³-hybridized carbons (Fsp3) is 0.111. The molecule has 0 aromatic heterocycles. The lowest BCUT2D eigenvalue weighted by Crippen LogP contribution is -2.28. The fourth-order valence-corrected chi connectivity index (χ4v) is 1.33. The normalized spacial score (nSPS) is 10.3. The molecule has 0 saturated heterocycles. The second-order valence-corrected chi connectivity index (χ2v) is 3.87. The first kappa shape index (κ1) is 12.2. The van der Waals surface area contributed by atoms with Crippen LogP contribution in [0.25, 0.3) is 0 Å². The van der Waals surface area contributed by atoms with Crippen LogP contribution in [-0.2, 0) is 0 Å². The molecule has 0 atom stereocenters. The Morgan fingerprint density at radius 1 is 1.47 bits per heavy atom. The summed E-state index contributed by atoms with van der Waals surface area (Å²) >= 11 is 16.5. The van der Waals surface area contributed by atoms with E-state index in [2.05, 4.69) is 15.8 Å². The van der Waals surface area contributed by atoms with Crippen molar-refractivity contribution in [2.45, 2.75) is 0 Å². The van der Waals surface area contributed by atoms with E-state index in [1.165, 1.54) is 0 Å². The van der Waals surface area contributed by atoms with Gasteiger partial charge in [0.05, 0.1) is 11.2 Å². The minimum Gasteiger partial charge on any atom is -0.364 e. The Balaban J connectivity index is 2.68. The van der Waals surface area contributed by atoms with Gasteiger partial charge in [0.1, 0.15) is 0 Å². The second-order valence-electron chi connectivity index (χ2n) is 2.61. The van der Waals surface area contributed by atoms with Gasteiger partial charge in [-0.15, -0.1) is 0 Å². The van der Waals surface area contributed by atoms with Crippen LogP contribution in [0.2, 0.25) is 10.0 Å². The highest BCUT2D eigenvalue weighted by Crippen LogP contribution is 2.19. The van der Waals surface area contributed by atoms with E-state index in [1.54, 1.807) is 31.5 Å². The Morgan fingerprint density at radius 3 is 2.80 bits per heavy atom. The van der Waals surface area contributed by atoms with Gasteiger partial charge in [-0.1, -0.05) is 29.3 Å². The molecule has 80 valence electrons. The molecular formula is C9H9Cl2N3S. The number of benzene rings is 1. The van der Waals surface area contributed by atoms with Gasteiger partial charge in [-0.05, 0) is 24.4 Å². The summed E-state index contributed by atoms with van der Waals surface area (Å²) in [6.07, 6.45) is 1.57. The highest BCUT2D eigenvalue weighted by atomic mass is 35.5. The number of hydrogen-bond acceptors (Lipinski definition) is 2. The lowest BCUT2D eigenvalue weighted by molar-refractivity contribution is 0.982. The van der Waals surface area contributed by atoms with Crippen LogP contribution in [0, 0.1) is 0 Å². The predicted octanol–water partition coefficient (Wildman–Crippen LogP) is 2.42. The van der Waals surface area contributed by atoms with E-state index < -0.39 is 0 Å². The first-order chi connectivity index (χ1) is 7.13. The van der Waals surface area contributed by atoms with Crippen LogP contribution in [-0.4, -0.2) is 18.4 Å². The zero-order valence-electron chi connectivity index (χ0n) is 7.92. The molecule has 2 N–H and O–H groups in total. The maximum atomic E-state index is 5.93. The van der Waals surface area contributed by atoms with Crippen molar-refractivity contribution >= 4 is 46.7 Å². The first-order valence-electron chi connectivity index (χ1n) is 4.09. The number of hydrazone groups is 1. The van der Waals surface area contributed by atoms with Crippen LogP contribution in [0.1, 0.15) is 5.56 Å². The standard InChI is InChI=1S/C9H9Cl2N3S/c1-12-9(15)14-13-5-6-2-3-7(10)4-8(6)11/h2-5H,1H3,(H2,12,14,15). The van der Waals surface area contributed by atoms with Crippen molar-refractivity contribution < 1.29 is 0 Å². The summed E-state index contributed by atoms with van der Waals surface area (Å²) < 4.78 is 0. The summed E-state index contributed by atoms with van der Waals surface area (Å²) in [6, 6.07) is 5.17. The molecule has 0 fully saturated rings. The van der Waals surface area contributed by atoms with Crippen molar-refractivity contribution in [3.63, 3.8) is 0 Å². The molecule has 0 spiro atoms. The molecule has 0 heterocycles. The van der Waals surface area contributed by atoms with Gasteiger partial charge in [-0.25, -0.2) is 0 Å². The average molecular weight is 262 g/mol. The zero-order valence-corrected chi connectivity index (χ0v) is 10.2. The van der Waals surface area contributed by atoms with Crippen LogP contribution < -0.4 is 10.7 Å². The maximum Gasteiger partial charge on any atom is 0.186 e. The third-order valence-electron chi connectivity index (χ3n) is 1.56. The summed E-state index contributed by atoms with van der Waals surface area (Å²) in [7, 11) is 1.71. The molecule has 1 rings (SSSR count). The molecule has 0 aliphatic carbocycles. The van der Waals surface area contributed by atoms with E-state index >= 15 is 0 Å². The van der Waals surface area contributed by atoms with E-state index in [1.807, 2.05) is 0 Å². The SMILES string of the molecule is CNC(=S)NN=Cc1ccc(Cl)cc1Cl. The third-order valence-corrected chi connectivity index (χ3v) is 2.42. The molecule has 0 aliphatic heterocycles. The van der Waals surface area contributed by atoms with Crippen molar-refractivity contribution in [3.05, 3.63) is 33.8 Å². The highest BCUT2D eigenvalue weighted by Gasteiger charge is 1.97. The molecule has 0 unspecified atom stereocenters. The quantitative estimate of drug-likeness (QED) is 0.488. The smallest absolute Gasteiger partial charge is 0.186 e. The Hall–Kier alpha value is -0.840. The van der Waals surface area contributed by atoms with Crippen LogP contribution in [0.4, 0.5) is 0 Å². The van der Waals surface area contributed by atoms with Crippen LogP contribution in [0.15, 0.2) is 23.3 Å². The van der Waals surface area contributed by atoms with E-state index in [9.17, 15) is 0 Å². The van der Waals surface area contributed by atoms with Gasteiger partial charge in [0.2, 0.25) is 0 Å². The molecule has 0 radical (unpaired) electrons. The number of nitrogens with one attached hydrogen (secondary N) is 2. The van der Waals surface area contributed by atoms with E-state index in [-0.39, 0.29) is 0 Å². The maximum absolute atomic E-state index is 5.93. The number of nitrogens with zero attached hydrogens (tertiary/aromatic N) is 1. The van der Waals surface area contributed by atoms with Crippen molar-refractivity contribution in [2.24, 2.45) is 5.10 Å². The molecule has 6 heteroatoms. The van der Waals surface area contributed by atoms with Gasteiger partial charge in [0.15, 0.2) is 5.11 Å². The highest BCUT2D eigenvalue weighted by molar-refractivity contribution is 7.80. The van der Waals surface area contributed by atoms with Crippen LogP contribution in [0.3, 0.4) is 0 Å². The molecule has 1 aromatic rings. The molecule has 3 nitrogen and oxygen atoms in total. The molecule has 1 aromatic carbocycles. The second kappa shape index (κ2) is 5.90. The molecular weight excluding hydrogens is 253 g/mol. The largest absolute Gasteiger partial charge is 0.364 e. The monoisotopic (exact) mass is 261 g/mol. The van der Waals surface area contributed by atoms with Crippen LogP contribution >= 0.6 is 35.4 Å². The predicted molar refractivity (Wildman–Crippen MR) is 68.8 cm³/mol. The Bertz CT molecular complexity index is 393. The van der Waals surface area contributed by atoms with E-state index in [4.69, 9.17) is 35.4 Å². The summed E-state index contributed by atoms with van der Waals surface area (Å²) in [5.74, 6) is 0. The number of halogens is 2. The van der Waals surface area contributed by atoms with Crippen molar-refractivity contribution in [1.82, 2.24) is 10.7 Å². The van der Waals surface area contributed by atoms with Gasteiger partial charge >= 0.3 is 0 Å². The molecule has 0 amide bonds. The van der Waals surface area contributed by atoms with Gasteiger partial charge in [-0.3, -0.25) is 5.43 Å². The Kier molecular flexibility index (Phi) is 4.81. The van der Waals surface area contributed by atoms with Crippen molar-refractivity contribution in [3.8, 4) is 0 Å². The van der Waals surface area contributed by atoms with Gasteiger partial charge in [0.25, 0.3) is 0 Å². The minimum atomic E-state index is 0.441. The van der Waals surface area contributed by atoms with Gasteiger partial charge in [0, 0.05) is 17.6 Å². The summed E-state index contributed by atoms with van der Waals surface area (Å²) in [4.78, 5) is 0. The van der Waals surface area contributed by atoms with Crippen molar-refractivity contribution in [2.75, 3.05) is 7.05 Å². The van der Waals surface area contributed by atoms with Gasteiger partial charge < -0.3 is 5.32 Å². The first-order valence-corrected chi connectivity index (χ1v) is 5.25. The molecule has 15 heavy (non-hydrogen) atoms.